The minimum absolute atomic E-state index is 0.0583. The van der Waals surface area contributed by atoms with E-state index in [4.69, 9.17) is 11.6 Å². The van der Waals surface area contributed by atoms with Gasteiger partial charge in [-0.1, -0.05) is 32.4 Å². The molecule has 0 atom stereocenters. The van der Waals surface area contributed by atoms with Crippen LogP contribution in [0.5, 0.6) is 0 Å². The molecular formula is C19H28ClN3O2. The Hall–Kier alpha value is -1.75. The van der Waals surface area contributed by atoms with Crippen molar-refractivity contribution in [3.05, 3.63) is 23.2 Å². The summed E-state index contributed by atoms with van der Waals surface area (Å²) in [5.74, 6) is -0.188. The predicted octanol–water partition coefficient (Wildman–Crippen LogP) is 3.82. The van der Waals surface area contributed by atoms with Gasteiger partial charge in [-0.3, -0.25) is 9.59 Å². The zero-order valence-electron chi connectivity index (χ0n) is 15.3. The van der Waals surface area contributed by atoms with Crippen LogP contribution in [0.1, 0.15) is 46.5 Å². The van der Waals surface area contributed by atoms with E-state index in [1.165, 1.54) is 6.42 Å². The molecule has 1 aliphatic rings. The minimum atomic E-state index is -0.454. The summed E-state index contributed by atoms with van der Waals surface area (Å²) < 4.78 is 0. The van der Waals surface area contributed by atoms with Gasteiger partial charge < -0.3 is 15.5 Å². The molecule has 0 aliphatic carbocycles. The van der Waals surface area contributed by atoms with Gasteiger partial charge in [0.15, 0.2) is 0 Å². The standard InChI is InChI=1S/C19H28ClN3O2/c1-19(2,3)18(25)21-10-9-17(24)22-15-13-14(20)7-8-16(15)23-11-5-4-6-12-23/h7-8,13H,4-6,9-12H2,1-3H3,(H,21,25)(H,22,24). The number of benzene rings is 1. The Morgan fingerprint density at radius 2 is 1.84 bits per heavy atom. The summed E-state index contributed by atoms with van der Waals surface area (Å²) in [6, 6.07) is 5.60. The summed E-state index contributed by atoms with van der Waals surface area (Å²) in [5, 5.41) is 6.33. The van der Waals surface area contributed by atoms with Crippen LogP contribution < -0.4 is 15.5 Å². The van der Waals surface area contributed by atoms with Gasteiger partial charge in [0.05, 0.1) is 11.4 Å². The van der Waals surface area contributed by atoms with Crippen LogP contribution in [0.15, 0.2) is 18.2 Å². The second-order valence-electron chi connectivity index (χ2n) is 7.51. The summed E-state index contributed by atoms with van der Waals surface area (Å²) in [4.78, 5) is 26.4. The predicted molar refractivity (Wildman–Crippen MR) is 103 cm³/mol. The Kier molecular flexibility index (Phi) is 6.71. The maximum Gasteiger partial charge on any atom is 0.226 e. The van der Waals surface area contributed by atoms with E-state index in [0.29, 0.717) is 11.6 Å². The fourth-order valence-corrected chi connectivity index (χ4v) is 2.96. The summed E-state index contributed by atoms with van der Waals surface area (Å²) in [5.41, 5.74) is 1.29. The Labute approximate surface area is 155 Å². The van der Waals surface area contributed by atoms with Crippen molar-refractivity contribution in [2.24, 2.45) is 5.41 Å². The van der Waals surface area contributed by atoms with Crippen molar-refractivity contribution in [1.82, 2.24) is 5.32 Å². The summed E-state index contributed by atoms with van der Waals surface area (Å²) in [6.07, 6.45) is 3.80. The van der Waals surface area contributed by atoms with E-state index in [2.05, 4.69) is 15.5 Å². The highest BCUT2D eigenvalue weighted by Crippen LogP contribution is 2.31. The Bertz CT molecular complexity index is 620. The number of piperidine rings is 1. The van der Waals surface area contributed by atoms with Gasteiger partial charge in [-0.15, -0.1) is 0 Å². The number of rotatable bonds is 5. The number of hydrogen-bond acceptors (Lipinski definition) is 3. The van der Waals surface area contributed by atoms with E-state index in [9.17, 15) is 9.59 Å². The fraction of sp³-hybridized carbons (Fsp3) is 0.579. The molecule has 0 radical (unpaired) electrons. The van der Waals surface area contributed by atoms with Crippen molar-refractivity contribution in [2.45, 2.75) is 46.5 Å². The van der Waals surface area contributed by atoms with Gasteiger partial charge >= 0.3 is 0 Å². The van der Waals surface area contributed by atoms with Crippen LogP contribution in [0.4, 0.5) is 11.4 Å². The lowest BCUT2D eigenvalue weighted by atomic mass is 9.96. The maximum absolute atomic E-state index is 12.3. The van der Waals surface area contributed by atoms with Crippen LogP contribution in [0.2, 0.25) is 5.02 Å². The molecule has 0 bridgehead atoms. The summed E-state index contributed by atoms with van der Waals surface area (Å²) in [7, 11) is 0. The van der Waals surface area contributed by atoms with Crippen LogP contribution in [0, 0.1) is 5.41 Å². The average Bonchev–Trinajstić information content (AvgIpc) is 2.55. The molecule has 5 nitrogen and oxygen atoms in total. The number of carbonyl (C=O) groups is 2. The lowest BCUT2D eigenvalue weighted by Gasteiger charge is -2.30. The molecular weight excluding hydrogens is 338 g/mol. The first-order valence-corrected chi connectivity index (χ1v) is 9.28. The van der Waals surface area contributed by atoms with Gasteiger partial charge in [0.25, 0.3) is 0 Å². The molecule has 6 heteroatoms. The van der Waals surface area contributed by atoms with Crippen molar-refractivity contribution in [1.29, 1.82) is 0 Å². The van der Waals surface area contributed by atoms with E-state index in [1.54, 1.807) is 6.07 Å². The first kappa shape index (κ1) is 19.6. The normalized spacial score (nSPS) is 15.0. The zero-order chi connectivity index (χ0) is 18.4. The topological polar surface area (TPSA) is 61.4 Å². The maximum atomic E-state index is 12.3. The second-order valence-corrected chi connectivity index (χ2v) is 7.95. The highest BCUT2D eigenvalue weighted by molar-refractivity contribution is 6.31. The third-order valence-electron chi connectivity index (χ3n) is 4.25. The summed E-state index contributed by atoms with van der Waals surface area (Å²) >= 11 is 6.11. The third kappa shape index (κ3) is 5.92. The number of carbonyl (C=O) groups excluding carboxylic acids is 2. The molecule has 1 aliphatic heterocycles. The Morgan fingerprint density at radius 1 is 1.16 bits per heavy atom. The second kappa shape index (κ2) is 8.56. The monoisotopic (exact) mass is 365 g/mol. The van der Waals surface area contributed by atoms with Gasteiger partial charge in [0, 0.05) is 36.5 Å². The molecule has 0 spiro atoms. The van der Waals surface area contributed by atoms with Gasteiger partial charge in [0.1, 0.15) is 0 Å². The highest BCUT2D eigenvalue weighted by atomic mass is 35.5. The quantitative estimate of drug-likeness (QED) is 0.833. The zero-order valence-corrected chi connectivity index (χ0v) is 16.1. The molecule has 1 fully saturated rings. The smallest absolute Gasteiger partial charge is 0.226 e. The van der Waals surface area contributed by atoms with E-state index >= 15 is 0 Å². The van der Waals surface area contributed by atoms with E-state index in [0.717, 1.165) is 37.3 Å². The van der Waals surface area contributed by atoms with Crippen LogP contribution in [-0.2, 0) is 9.59 Å². The molecule has 0 saturated carbocycles. The van der Waals surface area contributed by atoms with Gasteiger partial charge in [-0.2, -0.15) is 0 Å². The Balaban J connectivity index is 1.95. The number of nitrogens with one attached hydrogen (secondary N) is 2. The molecule has 2 amide bonds. The molecule has 25 heavy (non-hydrogen) atoms. The van der Waals surface area contributed by atoms with Crippen molar-refractivity contribution >= 4 is 34.8 Å². The average molecular weight is 366 g/mol. The minimum Gasteiger partial charge on any atom is -0.370 e. The molecule has 0 unspecified atom stereocenters. The fourth-order valence-electron chi connectivity index (χ4n) is 2.79. The van der Waals surface area contributed by atoms with Crippen LogP contribution in [0.3, 0.4) is 0 Å². The number of amides is 2. The van der Waals surface area contributed by atoms with Gasteiger partial charge in [0.2, 0.25) is 11.8 Å². The van der Waals surface area contributed by atoms with Crippen molar-refractivity contribution < 1.29 is 9.59 Å². The molecule has 0 aromatic heterocycles. The molecule has 2 N–H and O–H groups in total. The molecule has 2 rings (SSSR count). The molecule has 1 saturated heterocycles. The van der Waals surface area contributed by atoms with E-state index in [1.807, 2.05) is 32.9 Å². The third-order valence-corrected chi connectivity index (χ3v) is 4.48. The van der Waals surface area contributed by atoms with Gasteiger partial charge in [-0.25, -0.2) is 0 Å². The van der Waals surface area contributed by atoms with Crippen molar-refractivity contribution in [3.8, 4) is 0 Å². The van der Waals surface area contributed by atoms with Crippen LogP contribution in [0.25, 0.3) is 0 Å². The first-order chi connectivity index (χ1) is 11.8. The van der Waals surface area contributed by atoms with E-state index < -0.39 is 5.41 Å². The van der Waals surface area contributed by atoms with Crippen molar-refractivity contribution in [3.63, 3.8) is 0 Å². The first-order valence-electron chi connectivity index (χ1n) is 8.90. The lowest BCUT2D eigenvalue weighted by Crippen LogP contribution is -2.36. The Morgan fingerprint density at radius 3 is 2.48 bits per heavy atom. The number of halogens is 1. The highest BCUT2D eigenvalue weighted by Gasteiger charge is 2.21. The van der Waals surface area contributed by atoms with Crippen LogP contribution in [-0.4, -0.2) is 31.4 Å². The number of anilines is 2. The number of nitrogens with zero attached hydrogens (tertiary/aromatic N) is 1. The number of hydrogen-bond donors (Lipinski definition) is 2. The van der Waals surface area contributed by atoms with E-state index in [-0.39, 0.29) is 18.2 Å². The van der Waals surface area contributed by atoms with Crippen molar-refractivity contribution in [2.75, 3.05) is 29.9 Å². The summed E-state index contributed by atoms with van der Waals surface area (Å²) in [6.45, 7) is 7.84. The van der Waals surface area contributed by atoms with Gasteiger partial charge in [-0.05, 0) is 37.5 Å². The molecule has 1 heterocycles. The van der Waals surface area contributed by atoms with Crippen LogP contribution >= 0.6 is 11.6 Å². The molecule has 1 aromatic carbocycles. The molecule has 138 valence electrons. The molecule has 1 aromatic rings. The largest absolute Gasteiger partial charge is 0.370 e. The lowest BCUT2D eigenvalue weighted by molar-refractivity contribution is -0.128. The SMILES string of the molecule is CC(C)(C)C(=O)NCCC(=O)Nc1cc(Cl)ccc1N1CCCCC1.